The number of aromatic nitrogens is 1. The molecule has 0 N–H and O–H groups in total. The summed E-state index contributed by atoms with van der Waals surface area (Å²) in [7, 11) is 0. The second-order valence-corrected chi connectivity index (χ2v) is 14.5. The highest BCUT2D eigenvalue weighted by molar-refractivity contribution is 7.26. The number of thiophene rings is 1. The average molecular weight is 701 g/mol. The molecule has 8 aromatic carbocycles. The maximum Gasteiger partial charge on any atom is 0.159 e. The first-order valence-corrected chi connectivity index (χ1v) is 18.5. The predicted octanol–water partition coefficient (Wildman–Crippen LogP) is 14.2. The lowest BCUT2D eigenvalue weighted by molar-refractivity contribution is 0.473. The van der Waals surface area contributed by atoms with Gasteiger partial charge in [-0.15, -0.1) is 11.3 Å². The standard InChI is InChI=1S/C48H29FN2OS/c49-33-28-39-37-12-4-6-15-40(37)51-42-17-8-14-36(48(42)52-43(29-33)47(39)51)32-22-26-35(27-23-32)50(34-24-20-31(21-25-34)30-10-2-1-3-11-30)41-16-9-19-45-46(41)38-13-5-7-18-44(38)53-45/h1-29H. The van der Waals surface area contributed by atoms with Crippen LogP contribution in [-0.4, -0.2) is 4.57 Å². The number of rotatable bonds is 5. The van der Waals surface area contributed by atoms with E-state index in [1.807, 2.05) is 35.6 Å². The van der Waals surface area contributed by atoms with Crippen molar-refractivity contribution in [1.82, 2.24) is 4.57 Å². The lowest BCUT2D eigenvalue weighted by atomic mass is 10.0. The van der Waals surface area contributed by atoms with Crippen LogP contribution >= 0.6 is 11.3 Å². The molecule has 10 aromatic rings. The Hall–Kier alpha value is -6.69. The molecule has 0 atom stereocenters. The van der Waals surface area contributed by atoms with Crippen LogP contribution in [0.2, 0.25) is 0 Å². The second-order valence-electron chi connectivity index (χ2n) is 13.5. The summed E-state index contributed by atoms with van der Waals surface area (Å²) in [6.07, 6.45) is 0. The van der Waals surface area contributed by atoms with E-state index < -0.39 is 0 Å². The zero-order chi connectivity index (χ0) is 35.0. The Kier molecular flexibility index (Phi) is 6.60. The van der Waals surface area contributed by atoms with Gasteiger partial charge in [-0.25, -0.2) is 4.39 Å². The average Bonchev–Trinajstić information content (AvgIpc) is 3.76. The van der Waals surface area contributed by atoms with Gasteiger partial charge in [0, 0.05) is 53.9 Å². The van der Waals surface area contributed by atoms with Crippen LogP contribution in [0.3, 0.4) is 0 Å². The summed E-state index contributed by atoms with van der Waals surface area (Å²) in [4.78, 5) is 2.36. The van der Waals surface area contributed by atoms with Gasteiger partial charge in [0.25, 0.3) is 0 Å². The van der Waals surface area contributed by atoms with Gasteiger partial charge in [-0.1, -0.05) is 109 Å². The first kappa shape index (κ1) is 30.0. The summed E-state index contributed by atoms with van der Waals surface area (Å²) in [6.45, 7) is 0. The van der Waals surface area contributed by atoms with Crippen molar-refractivity contribution in [2.24, 2.45) is 0 Å². The SMILES string of the molecule is Fc1cc2c3c(c1)c1ccccc1n3-c1cccc(-c3ccc(N(c4ccc(-c5ccccc5)cc4)c4cccc5sc6ccccc6c45)cc3)c1O2. The topological polar surface area (TPSA) is 17.4 Å². The minimum Gasteiger partial charge on any atom is -0.452 e. The van der Waals surface area contributed by atoms with E-state index in [1.165, 1.54) is 37.4 Å². The summed E-state index contributed by atoms with van der Waals surface area (Å²) in [6, 6.07) is 60.8. The molecule has 1 aliphatic rings. The molecule has 3 nitrogen and oxygen atoms in total. The Morgan fingerprint density at radius 3 is 2.00 bits per heavy atom. The molecule has 0 bridgehead atoms. The van der Waals surface area contributed by atoms with Gasteiger partial charge >= 0.3 is 0 Å². The van der Waals surface area contributed by atoms with Crippen LogP contribution in [0.4, 0.5) is 21.5 Å². The zero-order valence-electron chi connectivity index (χ0n) is 28.3. The fourth-order valence-corrected chi connectivity index (χ4v) is 9.22. The summed E-state index contributed by atoms with van der Waals surface area (Å²) in [5.74, 6) is 0.920. The van der Waals surface area contributed by atoms with Gasteiger partial charge in [-0.3, -0.25) is 0 Å². The molecule has 0 unspecified atom stereocenters. The van der Waals surface area contributed by atoms with E-state index in [9.17, 15) is 0 Å². The molecule has 5 heteroatoms. The van der Waals surface area contributed by atoms with Gasteiger partial charge in [-0.05, 0) is 77.4 Å². The molecule has 0 spiro atoms. The number of para-hydroxylation sites is 2. The molecule has 250 valence electrons. The number of ether oxygens (including phenoxy) is 1. The molecule has 0 saturated carbocycles. The highest BCUT2D eigenvalue weighted by Gasteiger charge is 2.27. The van der Waals surface area contributed by atoms with Crippen LogP contribution in [0.25, 0.3) is 69.9 Å². The van der Waals surface area contributed by atoms with Crippen molar-refractivity contribution in [3.63, 3.8) is 0 Å². The van der Waals surface area contributed by atoms with Crippen molar-refractivity contribution in [2.45, 2.75) is 0 Å². The van der Waals surface area contributed by atoms with Crippen LogP contribution in [0, 0.1) is 5.82 Å². The Labute approximate surface area is 309 Å². The molecule has 3 heterocycles. The normalized spacial score (nSPS) is 12.0. The van der Waals surface area contributed by atoms with E-state index in [4.69, 9.17) is 4.74 Å². The molecule has 0 aliphatic carbocycles. The number of nitrogens with zero attached hydrogens (tertiary/aromatic N) is 2. The maximum absolute atomic E-state index is 15.0. The monoisotopic (exact) mass is 700 g/mol. The number of hydrogen-bond acceptors (Lipinski definition) is 3. The second kappa shape index (κ2) is 11.7. The molecular weight excluding hydrogens is 672 g/mol. The van der Waals surface area contributed by atoms with Crippen LogP contribution < -0.4 is 9.64 Å². The van der Waals surface area contributed by atoms with Crippen LogP contribution in [0.15, 0.2) is 176 Å². The third-order valence-electron chi connectivity index (χ3n) is 10.4. The minimum atomic E-state index is -0.314. The van der Waals surface area contributed by atoms with E-state index in [2.05, 4.69) is 149 Å². The molecule has 1 aliphatic heterocycles. The Balaban J connectivity index is 1.06. The summed E-state index contributed by atoms with van der Waals surface area (Å²) in [5, 5.41) is 4.34. The first-order valence-electron chi connectivity index (χ1n) is 17.7. The molecule has 2 aromatic heterocycles. The molecule has 53 heavy (non-hydrogen) atoms. The molecule has 11 rings (SSSR count). The van der Waals surface area contributed by atoms with Crippen molar-refractivity contribution in [2.75, 3.05) is 4.90 Å². The van der Waals surface area contributed by atoms with Crippen molar-refractivity contribution in [3.8, 4) is 39.4 Å². The minimum absolute atomic E-state index is 0.314. The molecule has 0 fully saturated rings. The quantitative estimate of drug-likeness (QED) is 0.178. The fraction of sp³-hybridized carbons (Fsp3) is 0. The van der Waals surface area contributed by atoms with Gasteiger partial charge in [0.05, 0.1) is 22.4 Å². The highest BCUT2D eigenvalue weighted by atomic mass is 32.1. The maximum atomic E-state index is 15.0. The van der Waals surface area contributed by atoms with Gasteiger partial charge < -0.3 is 14.2 Å². The van der Waals surface area contributed by atoms with Crippen molar-refractivity contribution in [3.05, 3.63) is 182 Å². The van der Waals surface area contributed by atoms with E-state index in [-0.39, 0.29) is 5.82 Å². The van der Waals surface area contributed by atoms with Crippen LogP contribution in [0.1, 0.15) is 0 Å². The summed E-state index contributed by atoms with van der Waals surface area (Å²) >= 11 is 1.83. The summed E-state index contributed by atoms with van der Waals surface area (Å²) < 4.78 is 26.4. The van der Waals surface area contributed by atoms with Gasteiger partial charge in [-0.2, -0.15) is 0 Å². The Bertz CT molecular complexity index is 3040. The number of anilines is 3. The van der Waals surface area contributed by atoms with Gasteiger partial charge in [0.15, 0.2) is 11.5 Å². The van der Waals surface area contributed by atoms with Crippen molar-refractivity contribution < 1.29 is 9.13 Å². The lowest BCUT2D eigenvalue weighted by Gasteiger charge is -2.27. The van der Waals surface area contributed by atoms with Crippen LogP contribution in [0.5, 0.6) is 11.5 Å². The van der Waals surface area contributed by atoms with E-state index in [0.29, 0.717) is 11.5 Å². The highest BCUT2D eigenvalue weighted by Crippen LogP contribution is 2.50. The van der Waals surface area contributed by atoms with E-state index >= 15 is 4.39 Å². The largest absolute Gasteiger partial charge is 0.452 e. The molecule has 0 saturated heterocycles. The first-order chi connectivity index (χ1) is 26.2. The van der Waals surface area contributed by atoms with E-state index in [0.717, 1.165) is 55.7 Å². The lowest BCUT2D eigenvalue weighted by Crippen LogP contribution is -2.10. The summed E-state index contributed by atoms with van der Waals surface area (Å²) in [5.41, 5.74) is 10.4. The molecule has 0 radical (unpaired) electrons. The predicted molar refractivity (Wildman–Crippen MR) is 219 cm³/mol. The number of hydrogen-bond donors (Lipinski definition) is 0. The fourth-order valence-electron chi connectivity index (χ4n) is 8.09. The van der Waals surface area contributed by atoms with Crippen LogP contribution in [-0.2, 0) is 0 Å². The van der Waals surface area contributed by atoms with Gasteiger partial charge in [0.2, 0.25) is 0 Å². The Morgan fingerprint density at radius 2 is 1.19 bits per heavy atom. The van der Waals surface area contributed by atoms with Crippen molar-refractivity contribution >= 4 is 70.4 Å². The third-order valence-corrected chi connectivity index (χ3v) is 11.6. The van der Waals surface area contributed by atoms with E-state index in [1.54, 1.807) is 6.07 Å². The zero-order valence-corrected chi connectivity index (χ0v) is 29.1. The van der Waals surface area contributed by atoms with Gasteiger partial charge in [0.1, 0.15) is 5.82 Å². The smallest absolute Gasteiger partial charge is 0.159 e. The molecular formula is C48H29FN2OS. The number of benzene rings is 8. The third kappa shape index (κ3) is 4.64. The Morgan fingerprint density at radius 1 is 0.528 bits per heavy atom. The number of halogens is 1. The van der Waals surface area contributed by atoms with Crippen molar-refractivity contribution in [1.29, 1.82) is 0 Å². The molecule has 0 amide bonds. The number of fused-ring (bicyclic) bond motifs is 8.